The molecule has 118 valence electrons. The summed E-state index contributed by atoms with van der Waals surface area (Å²) in [5.74, 6) is 1.55. The van der Waals surface area contributed by atoms with Gasteiger partial charge >= 0.3 is 0 Å². The lowest BCUT2D eigenvalue weighted by atomic mass is 9.88. The highest BCUT2D eigenvalue weighted by atomic mass is 35.5. The Labute approximate surface area is 134 Å². The molecule has 1 aliphatic carbocycles. The average Bonchev–Trinajstić information content (AvgIpc) is 2.47. The summed E-state index contributed by atoms with van der Waals surface area (Å²) < 4.78 is 6.16. The standard InChI is InChI=1S/C18H28ClNO/c1-4-11-20-14(3)16-10-9-15(12-17(16)19)21-18-8-6-5-7-13(18)2/h9-10,12-14,18,20H,4-8,11H2,1-3H3. The lowest BCUT2D eigenvalue weighted by Crippen LogP contribution is -2.28. The summed E-state index contributed by atoms with van der Waals surface area (Å²) in [6, 6.07) is 6.41. The Morgan fingerprint density at radius 3 is 2.76 bits per heavy atom. The van der Waals surface area contributed by atoms with E-state index in [0.29, 0.717) is 12.0 Å². The van der Waals surface area contributed by atoms with Gasteiger partial charge in [-0.15, -0.1) is 0 Å². The fourth-order valence-corrected chi connectivity index (χ4v) is 3.37. The van der Waals surface area contributed by atoms with Crippen molar-refractivity contribution in [1.82, 2.24) is 5.32 Å². The molecule has 3 atom stereocenters. The SMILES string of the molecule is CCCNC(C)c1ccc(OC2CCCCC2C)cc1Cl. The highest BCUT2D eigenvalue weighted by Gasteiger charge is 2.23. The molecule has 0 saturated heterocycles. The zero-order valence-corrected chi connectivity index (χ0v) is 14.2. The van der Waals surface area contributed by atoms with Gasteiger partial charge in [-0.3, -0.25) is 0 Å². The minimum atomic E-state index is 0.278. The van der Waals surface area contributed by atoms with Gasteiger partial charge in [0.05, 0.1) is 0 Å². The molecular formula is C18H28ClNO. The first-order valence-electron chi connectivity index (χ1n) is 8.31. The van der Waals surface area contributed by atoms with Crippen molar-refractivity contribution >= 4 is 11.6 Å². The Balaban J connectivity index is 2.01. The summed E-state index contributed by atoms with van der Waals surface area (Å²) in [6.07, 6.45) is 6.52. The van der Waals surface area contributed by atoms with Crippen LogP contribution in [-0.4, -0.2) is 12.6 Å². The molecule has 1 fully saturated rings. The lowest BCUT2D eigenvalue weighted by molar-refractivity contribution is 0.102. The number of ether oxygens (including phenoxy) is 1. The van der Waals surface area contributed by atoms with Gasteiger partial charge in [0, 0.05) is 11.1 Å². The van der Waals surface area contributed by atoms with Gasteiger partial charge in [0.25, 0.3) is 0 Å². The predicted molar refractivity (Wildman–Crippen MR) is 90.2 cm³/mol. The molecule has 0 amide bonds. The van der Waals surface area contributed by atoms with Crippen molar-refractivity contribution in [3.8, 4) is 5.75 Å². The van der Waals surface area contributed by atoms with Gasteiger partial charge in [-0.2, -0.15) is 0 Å². The molecule has 2 rings (SSSR count). The van der Waals surface area contributed by atoms with Crippen LogP contribution in [0.2, 0.25) is 5.02 Å². The Hall–Kier alpha value is -0.730. The molecule has 21 heavy (non-hydrogen) atoms. The van der Waals surface area contributed by atoms with Crippen molar-refractivity contribution in [2.45, 2.75) is 65.0 Å². The third kappa shape index (κ3) is 4.62. The number of nitrogens with one attached hydrogen (secondary N) is 1. The summed E-state index contributed by atoms with van der Waals surface area (Å²) >= 11 is 6.44. The molecule has 0 spiro atoms. The number of hydrogen-bond donors (Lipinski definition) is 1. The molecule has 0 aromatic heterocycles. The molecule has 1 aliphatic rings. The van der Waals surface area contributed by atoms with Crippen LogP contribution in [0.5, 0.6) is 5.75 Å². The number of rotatable bonds is 6. The summed E-state index contributed by atoms with van der Waals surface area (Å²) in [5, 5.41) is 4.27. The second-order valence-corrected chi connectivity index (χ2v) is 6.68. The second-order valence-electron chi connectivity index (χ2n) is 6.28. The van der Waals surface area contributed by atoms with Gasteiger partial charge in [-0.1, -0.05) is 37.9 Å². The molecular weight excluding hydrogens is 282 g/mol. The lowest BCUT2D eigenvalue weighted by Gasteiger charge is -2.29. The Bertz CT molecular complexity index is 449. The van der Waals surface area contributed by atoms with Gasteiger partial charge in [-0.05, 0) is 62.8 Å². The van der Waals surface area contributed by atoms with E-state index in [9.17, 15) is 0 Å². The molecule has 1 aromatic carbocycles. The van der Waals surface area contributed by atoms with Crippen molar-refractivity contribution in [2.75, 3.05) is 6.54 Å². The van der Waals surface area contributed by atoms with Crippen molar-refractivity contribution < 1.29 is 4.74 Å². The molecule has 1 aromatic rings. The first-order valence-corrected chi connectivity index (χ1v) is 8.69. The van der Waals surface area contributed by atoms with Gasteiger partial charge in [0.1, 0.15) is 11.9 Å². The number of benzene rings is 1. The normalized spacial score (nSPS) is 23.8. The Kier molecular flexibility index (Phi) is 6.38. The van der Waals surface area contributed by atoms with Crippen LogP contribution in [0.25, 0.3) is 0 Å². The molecule has 0 aliphatic heterocycles. The molecule has 0 radical (unpaired) electrons. The molecule has 1 saturated carbocycles. The second kappa shape index (κ2) is 8.05. The van der Waals surface area contributed by atoms with E-state index in [4.69, 9.17) is 16.3 Å². The topological polar surface area (TPSA) is 21.3 Å². The van der Waals surface area contributed by atoms with Gasteiger partial charge in [0.15, 0.2) is 0 Å². The third-order valence-electron chi connectivity index (χ3n) is 4.46. The van der Waals surface area contributed by atoms with Crippen LogP contribution in [0.4, 0.5) is 0 Å². The summed E-state index contributed by atoms with van der Waals surface area (Å²) in [6.45, 7) is 7.62. The predicted octanol–water partition coefficient (Wildman–Crippen LogP) is 5.36. The van der Waals surface area contributed by atoms with E-state index < -0.39 is 0 Å². The van der Waals surface area contributed by atoms with Crippen LogP contribution in [0.1, 0.15) is 64.5 Å². The summed E-state index contributed by atoms with van der Waals surface area (Å²) in [5.41, 5.74) is 1.15. The van der Waals surface area contributed by atoms with E-state index in [2.05, 4.69) is 38.2 Å². The molecule has 3 heteroatoms. The molecule has 1 N–H and O–H groups in total. The van der Waals surface area contributed by atoms with Crippen molar-refractivity contribution in [3.63, 3.8) is 0 Å². The average molecular weight is 310 g/mol. The summed E-state index contributed by atoms with van der Waals surface area (Å²) in [7, 11) is 0. The quantitative estimate of drug-likeness (QED) is 0.764. The van der Waals surface area contributed by atoms with E-state index in [1.807, 2.05) is 6.07 Å². The van der Waals surface area contributed by atoms with Gasteiger partial charge in [-0.25, -0.2) is 0 Å². The molecule has 0 heterocycles. The van der Waals surface area contributed by atoms with Crippen LogP contribution < -0.4 is 10.1 Å². The first-order chi connectivity index (χ1) is 10.1. The minimum Gasteiger partial charge on any atom is -0.490 e. The highest BCUT2D eigenvalue weighted by molar-refractivity contribution is 6.31. The third-order valence-corrected chi connectivity index (χ3v) is 4.79. The number of hydrogen-bond acceptors (Lipinski definition) is 2. The van der Waals surface area contributed by atoms with Crippen molar-refractivity contribution in [3.05, 3.63) is 28.8 Å². The molecule has 2 nitrogen and oxygen atoms in total. The van der Waals surface area contributed by atoms with Crippen LogP contribution in [0.3, 0.4) is 0 Å². The van der Waals surface area contributed by atoms with E-state index in [1.165, 1.54) is 19.3 Å². The smallest absolute Gasteiger partial charge is 0.121 e. The maximum atomic E-state index is 6.44. The highest BCUT2D eigenvalue weighted by Crippen LogP contribution is 2.31. The zero-order chi connectivity index (χ0) is 15.2. The minimum absolute atomic E-state index is 0.278. The Morgan fingerprint density at radius 2 is 2.10 bits per heavy atom. The maximum Gasteiger partial charge on any atom is 0.121 e. The zero-order valence-electron chi connectivity index (χ0n) is 13.5. The maximum absolute atomic E-state index is 6.44. The van der Waals surface area contributed by atoms with E-state index >= 15 is 0 Å². The fourth-order valence-electron chi connectivity index (χ4n) is 3.04. The van der Waals surface area contributed by atoms with Gasteiger partial charge < -0.3 is 10.1 Å². The van der Waals surface area contributed by atoms with Crippen LogP contribution >= 0.6 is 11.6 Å². The van der Waals surface area contributed by atoms with E-state index in [1.54, 1.807) is 0 Å². The van der Waals surface area contributed by atoms with Crippen molar-refractivity contribution in [1.29, 1.82) is 0 Å². The largest absolute Gasteiger partial charge is 0.490 e. The molecule has 0 bridgehead atoms. The molecule has 3 unspecified atom stereocenters. The van der Waals surface area contributed by atoms with E-state index in [-0.39, 0.29) is 6.04 Å². The first kappa shape index (κ1) is 16.6. The van der Waals surface area contributed by atoms with Crippen LogP contribution in [-0.2, 0) is 0 Å². The van der Waals surface area contributed by atoms with Crippen LogP contribution in [0.15, 0.2) is 18.2 Å². The van der Waals surface area contributed by atoms with Crippen LogP contribution in [0, 0.1) is 5.92 Å². The van der Waals surface area contributed by atoms with Gasteiger partial charge in [0.2, 0.25) is 0 Å². The monoisotopic (exact) mass is 309 g/mol. The Morgan fingerprint density at radius 1 is 1.33 bits per heavy atom. The number of halogens is 1. The van der Waals surface area contributed by atoms with Crippen molar-refractivity contribution in [2.24, 2.45) is 5.92 Å². The van der Waals surface area contributed by atoms with E-state index in [0.717, 1.165) is 35.7 Å². The fraction of sp³-hybridized carbons (Fsp3) is 0.667. The summed E-state index contributed by atoms with van der Waals surface area (Å²) in [4.78, 5) is 0.